The molecule has 1 aliphatic rings. The molecular weight excluding hydrogens is 289 g/mol. The summed E-state index contributed by atoms with van der Waals surface area (Å²) in [6, 6.07) is 3.59. The molecule has 1 unspecified atom stereocenters. The maximum atomic E-state index is 13.3. The molecule has 2 rings (SSSR count). The zero-order chi connectivity index (χ0) is 16.1. The van der Waals surface area contributed by atoms with Crippen LogP contribution in [0.4, 0.5) is 14.9 Å². The van der Waals surface area contributed by atoms with Gasteiger partial charge in [-0.15, -0.1) is 0 Å². The fraction of sp³-hybridized carbons (Fsp3) is 0.467. The lowest BCUT2D eigenvalue weighted by molar-refractivity contribution is -0.118. The summed E-state index contributed by atoms with van der Waals surface area (Å²) < 4.78 is 18.1. The van der Waals surface area contributed by atoms with Gasteiger partial charge in [-0.1, -0.05) is 0 Å². The predicted octanol–water partition coefficient (Wildman–Crippen LogP) is 1.19. The van der Waals surface area contributed by atoms with Crippen LogP contribution in [0.15, 0.2) is 18.2 Å². The second-order valence-electron chi connectivity index (χ2n) is 5.16. The molecule has 1 fully saturated rings. The first-order valence-corrected chi connectivity index (χ1v) is 7.13. The number of carbonyl (C=O) groups excluding carboxylic acids is 2. The van der Waals surface area contributed by atoms with Crippen LogP contribution in [0, 0.1) is 12.7 Å². The van der Waals surface area contributed by atoms with Crippen molar-refractivity contribution in [2.75, 3.05) is 31.7 Å². The highest BCUT2D eigenvalue weighted by atomic mass is 19.1. The summed E-state index contributed by atoms with van der Waals surface area (Å²) in [4.78, 5) is 25.6. The van der Waals surface area contributed by atoms with Crippen LogP contribution < -0.4 is 15.5 Å². The average molecular weight is 309 g/mol. The maximum absolute atomic E-state index is 13.3. The van der Waals surface area contributed by atoms with E-state index in [9.17, 15) is 14.0 Å². The third-order valence-electron chi connectivity index (χ3n) is 3.56. The minimum Gasteiger partial charge on any atom is -0.383 e. The maximum Gasteiger partial charge on any atom is 0.315 e. The Kier molecular flexibility index (Phi) is 5.32. The molecule has 3 amide bonds. The van der Waals surface area contributed by atoms with Crippen LogP contribution in [0.3, 0.4) is 0 Å². The van der Waals surface area contributed by atoms with Crippen molar-refractivity contribution in [3.63, 3.8) is 0 Å². The number of urea groups is 1. The Morgan fingerprint density at radius 3 is 2.95 bits per heavy atom. The highest BCUT2D eigenvalue weighted by Gasteiger charge is 2.33. The van der Waals surface area contributed by atoms with Crippen molar-refractivity contribution >= 4 is 17.6 Å². The van der Waals surface area contributed by atoms with Gasteiger partial charge in [0, 0.05) is 25.9 Å². The second-order valence-corrected chi connectivity index (χ2v) is 5.16. The van der Waals surface area contributed by atoms with Gasteiger partial charge >= 0.3 is 6.03 Å². The SMILES string of the molecule is COCCNC(=O)NC1CCN(c2ccc(F)c(C)c2)C1=O. The monoisotopic (exact) mass is 309 g/mol. The van der Waals surface area contributed by atoms with Gasteiger partial charge in [-0.3, -0.25) is 4.79 Å². The van der Waals surface area contributed by atoms with Gasteiger partial charge in [-0.2, -0.15) is 0 Å². The van der Waals surface area contributed by atoms with Gasteiger partial charge < -0.3 is 20.3 Å². The van der Waals surface area contributed by atoms with E-state index in [4.69, 9.17) is 4.74 Å². The molecule has 1 aromatic carbocycles. The lowest BCUT2D eigenvalue weighted by Gasteiger charge is -2.18. The van der Waals surface area contributed by atoms with E-state index in [-0.39, 0.29) is 11.7 Å². The Morgan fingerprint density at radius 2 is 2.27 bits per heavy atom. The number of nitrogens with one attached hydrogen (secondary N) is 2. The molecule has 0 aromatic heterocycles. The third-order valence-corrected chi connectivity index (χ3v) is 3.56. The first kappa shape index (κ1) is 16.2. The predicted molar refractivity (Wildman–Crippen MR) is 80.3 cm³/mol. The molecule has 1 aliphatic heterocycles. The smallest absolute Gasteiger partial charge is 0.315 e. The fourth-order valence-electron chi connectivity index (χ4n) is 2.34. The Morgan fingerprint density at radius 1 is 1.50 bits per heavy atom. The number of benzene rings is 1. The van der Waals surface area contributed by atoms with Crippen molar-refractivity contribution in [3.05, 3.63) is 29.6 Å². The van der Waals surface area contributed by atoms with Gasteiger partial charge in [0.15, 0.2) is 0 Å². The van der Waals surface area contributed by atoms with Crippen LogP contribution in [-0.4, -0.2) is 44.8 Å². The Labute approximate surface area is 128 Å². The molecule has 1 saturated heterocycles. The van der Waals surface area contributed by atoms with E-state index in [0.717, 1.165) is 0 Å². The van der Waals surface area contributed by atoms with Crippen molar-refractivity contribution in [2.24, 2.45) is 0 Å². The Balaban J connectivity index is 1.94. The van der Waals surface area contributed by atoms with E-state index in [1.165, 1.54) is 6.07 Å². The molecule has 1 atom stereocenters. The zero-order valence-corrected chi connectivity index (χ0v) is 12.7. The quantitative estimate of drug-likeness (QED) is 0.803. The molecule has 0 aliphatic carbocycles. The summed E-state index contributed by atoms with van der Waals surface area (Å²) in [5.41, 5.74) is 1.13. The van der Waals surface area contributed by atoms with Crippen LogP contribution >= 0.6 is 0 Å². The van der Waals surface area contributed by atoms with Gasteiger partial charge in [0.25, 0.3) is 0 Å². The van der Waals surface area contributed by atoms with E-state index < -0.39 is 12.1 Å². The second kappa shape index (κ2) is 7.22. The summed E-state index contributed by atoms with van der Waals surface area (Å²) in [6.45, 7) is 2.93. The number of aryl methyl sites for hydroxylation is 1. The Hall–Kier alpha value is -2.15. The fourth-order valence-corrected chi connectivity index (χ4v) is 2.34. The van der Waals surface area contributed by atoms with Crippen molar-refractivity contribution in [2.45, 2.75) is 19.4 Å². The van der Waals surface area contributed by atoms with Crippen molar-refractivity contribution in [1.82, 2.24) is 10.6 Å². The Bertz CT molecular complexity index is 565. The number of halogens is 1. The minimum absolute atomic E-state index is 0.187. The molecule has 0 spiro atoms. The number of methoxy groups -OCH3 is 1. The highest BCUT2D eigenvalue weighted by molar-refractivity contribution is 6.01. The summed E-state index contributed by atoms with van der Waals surface area (Å²) in [7, 11) is 1.54. The molecule has 22 heavy (non-hydrogen) atoms. The first-order chi connectivity index (χ1) is 10.5. The number of amides is 3. The molecule has 6 nitrogen and oxygen atoms in total. The molecule has 1 heterocycles. The number of nitrogens with zero attached hydrogens (tertiary/aromatic N) is 1. The lowest BCUT2D eigenvalue weighted by atomic mass is 10.2. The molecule has 0 bridgehead atoms. The number of ether oxygens (including phenoxy) is 1. The number of rotatable bonds is 5. The van der Waals surface area contributed by atoms with Gasteiger partial charge in [0.05, 0.1) is 6.61 Å². The van der Waals surface area contributed by atoms with Gasteiger partial charge in [0.2, 0.25) is 5.91 Å². The molecule has 7 heteroatoms. The average Bonchev–Trinajstić information content (AvgIpc) is 2.84. The third kappa shape index (κ3) is 3.73. The van der Waals surface area contributed by atoms with Crippen LogP contribution in [0.25, 0.3) is 0 Å². The van der Waals surface area contributed by atoms with Crippen molar-refractivity contribution in [3.8, 4) is 0 Å². The van der Waals surface area contributed by atoms with Gasteiger partial charge in [-0.05, 0) is 37.1 Å². The van der Waals surface area contributed by atoms with Crippen LogP contribution in [0.5, 0.6) is 0 Å². The van der Waals surface area contributed by atoms with Crippen LogP contribution in [-0.2, 0) is 9.53 Å². The highest BCUT2D eigenvalue weighted by Crippen LogP contribution is 2.23. The molecular formula is C15H20FN3O3. The van der Waals surface area contributed by atoms with E-state index >= 15 is 0 Å². The van der Waals surface area contributed by atoms with Crippen molar-refractivity contribution in [1.29, 1.82) is 0 Å². The summed E-state index contributed by atoms with van der Waals surface area (Å²) in [5.74, 6) is -0.490. The molecule has 2 N–H and O–H groups in total. The lowest BCUT2D eigenvalue weighted by Crippen LogP contribution is -2.46. The van der Waals surface area contributed by atoms with E-state index in [0.29, 0.717) is 37.4 Å². The number of hydrogen-bond donors (Lipinski definition) is 2. The summed E-state index contributed by atoms with van der Waals surface area (Å²) in [6.07, 6.45) is 0.521. The topological polar surface area (TPSA) is 70.7 Å². The first-order valence-electron chi connectivity index (χ1n) is 7.13. The zero-order valence-electron chi connectivity index (χ0n) is 12.7. The van der Waals surface area contributed by atoms with E-state index in [2.05, 4.69) is 10.6 Å². The van der Waals surface area contributed by atoms with E-state index in [1.54, 1.807) is 31.1 Å². The minimum atomic E-state index is -0.562. The van der Waals surface area contributed by atoms with E-state index in [1.807, 2.05) is 0 Å². The molecule has 0 radical (unpaired) electrons. The molecule has 1 aromatic rings. The van der Waals surface area contributed by atoms with Crippen LogP contribution in [0.2, 0.25) is 0 Å². The summed E-state index contributed by atoms with van der Waals surface area (Å²) in [5, 5.41) is 5.25. The normalized spacial score (nSPS) is 17.7. The van der Waals surface area contributed by atoms with Crippen LogP contribution in [0.1, 0.15) is 12.0 Å². The largest absolute Gasteiger partial charge is 0.383 e. The number of hydrogen-bond acceptors (Lipinski definition) is 3. The standard InChI is InChI=1S/C15H20FN3O3/c1-10-9-11(3-4-12(10)16)19-7-5-13(14(19)20)18-15(21)17-6-8-22-2/h3-4,9,13H,5-8H2,1-2H3,(H2,17,18,21). The van der Waals surface area contributed by atoms with Crippen molar-refractivity contribution < 1.29 is 18.7 Å². The number of anilines is 1. The molecule has 0 saturated carbocycles. The van der Waals surface area contributed by atoms with Gasteiger partial charge in [0.1, 0.15) is 11.9 Å². The summed E-state index contributed by atoms with van der Waals surface area (Å²) >= 11 is 0. The van der Waals surface area contributed by atoms with Gasteiger partial charge in [-0.25, -0.2) is 9.18 Å². The number of carbonyl (C=O) groups is 2. The molecule has 120 valence electrons.